The van der Waals surface area contributed by atoms with Crippen LogP contribution in [-0.4, -0.2) is 21.9 Å². The maximum Gasteiger partial charge on any atom is 0.326 e. The Morgan fingerprint density at radius 3 is 2.73 bits per heavy atom. The van der Waals surface area contributed by atoms with Gasteiger partial charge in [0.05, 0.1) is 5.69 Å². The first-order chi connectivity index (χ1) is 7.06. The zero-order chi connectivity index (χ0) is 11.4. The molecule has 1 N–H and O–H groups in total. The van der Waals surface area contributed by atoms with E-state index in [1.807, 2.05) is 13.8 Å². The van der Waals surface area contributed by atoms with Gasteiger partial charge in [-0.15, -0.1) is 0 Å². The second kappa shape index (κ2) is 4.77. The van der Waals surface area contributed by atoms with Crippen LogP contribution in [0.25, 0.3) is 0 Å². The van der Waals surface area contributed by atoms with Crippen molar-refractivity contribution in [3.8, 4) is 0 Å². The number of hydrogen-bond donors (Lipinski definition) is 1. The average molecular weight is 209 g/mol. The first-order valence-corrected chi connectivity index (χ1v) is 4.91. The Hall–Kier alpha value is -1.58. The molecular weight excluding hydrogens is 194 g/mol. The minimum atomic E-state index is -0.900. The lowest BCUT2D eigenvalue weighted by molar-refractivity contribution is -0.141. The number of aliphatic carboxylic acids is 1. The summed E-state index contributed by atoms with van der Waals surface area (Å²) in [5.74, 6) is -0.629. The molecule has 0 bridgehead atoms. The van der Waals surface area contributed by atoms with Crippen molar-refractivity contribution in [2.45, 2.75) is 26.3 Å². The predicted octanol–water partition coefficient (Wildman–Crippen LogP) is 1.97. The monoisotopic (exact) mass is 209 g/mol. The zero-order valence-electron chi connectivity index (χ0n) is 8.88. The molecule has 0 saturated carbocycles. The summed E-state index contributed by atoms with van der Waals surface area (Å²) in [5.41, 5.74) is 0.406. The van der Waals surface area contributed by atoms with Crippen LogP contribution in [0, 0.1) is 5.92 Å². The maximum atomic E-state index is 11.1. The molecule has 15 heavy (non-hydrogen) atoms. The van der Waals surface area contributed by atoms with Crippen molar-refractivity contribution in [2.75, 3.05) is 0 Å². The largest absolute Gasteiger partial charge is 0.480 e. The second-order valence-corrected chi connectivity index (χ2v) is 3.94. The van der Waals surface area contributed by atoms with Gasteiger partial charge in [-0.3, -0.25) is 4.79 Å². The fourth-order valence-corrected chi connectivity index (χ4v) is 1.57. The van der Waals surface area contributed by atoms with Crippen molar-refractivity contribution in [2.24, 2.45) is 5.92 Å². The van der Waals surface area contributed by atoms with Gasteiger partial charge in [-0.1, -0.05) is 13.8 Å². The molecule has 0 aliphatic carbocycles. The van der Waals surface area contributed by atoms with Crippen LogP contribution in [0.15, 0.2) is 18.3 Å². The average Bonchev–Trinajstić information content (AvgIpc) is 2.60. The number of aromatic nitrogens is 1. The van der Waals surface area contributed by atoms with Crippen LogP contribution in [0.5, 0.6) is 0 Å². The quantitative estimate of drug-likeness (QED) is 0.754. The first kappa shape index (κ1) is 11.5. The highest BCUT2D eigenvalue weighted by Gasteiger charge is 2.21. The van der Waals surface area contributed by atoms with Crippen molar-refractivity contribution >= 4 is 12.3 Å². The molecule has 0 saturated heterocycles. The number of carboxylic acids is 1. The minimum absolute atomic E-state index is 0.271. The van der Waals surface area contributed by atoms with Crippen LogP contribution in [0.1, 0.15) is 36.8 Å². The van der Waals surface area contributed by atoms with Crippen LogP contribution in [0.4, 0.5) is 0 Å². The van der Waals surface area contributed by atoms with Gasteiger partial charge in [-0.25, -0.2) is 4.79 Å². The smallest absolute Gasteiger partial charge is 0.326 e. The fraction of sp³-hybridized carbons (Fsp3) is 0.455. The number of carboxylic acid groups (broad SMARTS) is 1. The predicted molar refractivity (Wildman–Crippen MR) is 55.9 cm³/mol. The number of nitrogens with zero attached hydrogens (tertiary/aromatic N) is 1. The number of carbonyl (C=O) groups is 2. The van der Waals surface area contributed by atoms with Crippen LogP contribution in [-0.2, 0) is 4.79 Å². The molecule has 0 aliphatic rings. The van der Waals surface area contributed by atoms with Gasteiger partial charge in [0.25, 0.3) is 0 Å². The number of hydrogen-bond acceptors (Lipinski definition) is 2. The molecule has 1 heterocycles. The topological polar surface area (TPSA) is 59.3 Å². The summed E-state index contributed by atoms with van der Waals surface area (Å²) in [6.45, 7) is 3.92. The second-order valence-electron chi connectivity index (χ2n) is 3.94. The highest BCUT2D eigenvalue weighted by Crippen LogP contribution is 2.19. The Labute approximate surface area is 88.5 Å². The van der Waals surface area contributed by atoms with Gasteiger partial charge < -0.3 is 9.67 Å². The third-order valence-electron chi connectivity index (χ3n) is 2.25. The third-order valence-corrected chi connectivity index (χ3v) is 2.25. The Balaban J connectivity index is 2.98. The van der Waals surface area contributed by atoms with Gasteiger partial charge in [0, 0.05) is 6.20 Å². The van der Waals surface area contributed by atoms with E-state index in [9.17, 15) is 9.59 Å². The van der Waals surface area contributed by atoms with Gasteiger partial charge in [-0.05, 0) is 24.5 Å². The Morgan fingerprint density at radius 1 is 1.60 bits per heavy atom. The third kappa shape index (κ3) is 2.68. The SMILES string of the molecule is CC(C)CC(C(=O)O)n1cccc1C=O. The van der Waals surface area contributed by atoms with Gasteiger partial charge in [0.1, 0.15) is 6.04 Å². The molecule has 4 heteroatoms. The lowest BCUT2D eigenvalue weighted by Crippen LogP contribution is -2.21. The Bertz CT molecular complexity index is 354. The van der Waals surface area contributed by atoms with E-state index >= 15 is 0 Å². The van der Waals surface area contributed by atoms with Crippen molar-refractivity contribution in [3.63, 3.8) is 0 Å². The lowest BCUT2D eigenvalue weighted by atomic mass is 10.0. The number of rotatable bonds is 5. The highest BCUT2D eigenvalue weighted by molar-refractivity contribution is 5.76. The molecule has 1 aromatic rings. The standard InChI is InChI=1S/C11H15NO3/c1-8(2)6-10(11(14)15)12-5-3-4-9(12)7-13/h3-5,7-8,10H,6H2,1-2H3,(H,14,15). The fourth-order valence-electron chi connectivity index (χ4n) is 1.57. The van der Waals surface area contributed by atoms with Gasteiger partial charge in [0.2, 0.25) is 0 Å². The summed E-state index contributed by atoms with van der Waals surface area (Å²) >= 11 is 0. The van der Waals surface area contributed by atoms with E-state index < -0.39 is 12.0 Å². The maximum absolute atomic E-state index is 11.1. The highest BCUT2D eigenvalue weighted by atomic mass is 16.4. The summed E-state index contributed by atoms with van der Waals surface area (Å²) < 4.78 is 1.51. The van der Waals surface area contributed by atoms with E-state index in [-0.39, 0.29) is 5.92 Å². The van der Waals surface area contributed by atoms with Crippen LogP contribution in [0.2, 0.25) is 0 Å². The van der Waals surface area contributed by atoms with Gasteiger partial charge in [-0.2, -0.15) is 0 Å². The molecule has 0 aromatic carbocycles. The van der Waals surface area contributed by atoms with Crippen molar-refractivity contribution < 1.29 is 14.7 Å². The summed E-state index contributed by atoms with van der Waals surface area (Å²) in [6.07, 6.45) is 2.83. The van der Waals surface area contributed by atoms with E-state index in [4.69, 9.17) is 5.11 Å². The van der Waals surface area contributed by atoms with Crippen molar-refractivity contribution in [1.82, 2.24) is 4.57 Å². The normalized spacial score (nSPS) is 12.7. The van der Waals surface area contributed by atoms with E-state index in [0.29, 0.717) is 18.4 Å². The van der Waals surface area contributed by atoms with Gasteiger partial charge in [0.15, 0.2) is 6.29 Å². The molecule has 1 atom stereocenters. The van der Waals surface area contributed by atoms with Crippen LogP contribution in [0.3, 0.4) is 0 Å². The van der Waals surface area contributed by atoms with Crippen LogP contribution >= 0.6 is 0 Å². The van der Waals surface area contributed by atoms with Crippen molar-refractivity contribution in [1.29, 1.82) is 0 Å². The lowest BCUT2D eigenvalue weighted by Gasteiger charge is -2.17. The first-order valence-electron chi connectivity index (χ1n) is 4.91. The molecule has 1 rings (SSSR count). The summed E-state index contributed by atoms with van der Waals surface area (Å²) in [4.78, 5) is 21.8. The molecule has 4 nitrogen and oxygen atoms in total. The Morgan fingerprint density at radius 2 is 2.27 bits per heavy atom. The number of carbonyl (C=O) groups excluding carboxylic acids is 1. The summed E-state index contributed by atoms with van der Waals surface area (Å²) in [7, 11) is 0. The van der Waals surface area contributed by atoms with Gasteiger partial charge >= 0.3 is 5.97 Å². The molecule has 0 aliphatic heterocycles. The van der Waals surface area contributed by atoms with Crippen LogP contribution < -0.4 is 0 Å². The molecule has 0 spiro atoms. The number of aldehydes is 1. The molecule has 82 valence electrons. The molecule has 1 aromatic heterocycles. The van der Waals surface area contributed by atoms with E-state index in [1.165, 1.54) is 4.57 Å². The van der Waals surface area contributed by atoms with Crippen molar-refractivity contribution in [3.05, 3.63) is 24.0 Å². The minimum Gasteiger partial charge on any atom is -0.480 e. The molecule has 0 amide bonds. The molecule has 0 radical (unpaired) electrons. The molecular formula is C11H15NO3. The molecule has 1 unspecified atom stereocenters. The van der Waals surface area contributed by atoms with E-state index in [2.05, 4.69) is 0 Å². The Kier molecular flexibility index (Phi) is 3.66. The van der Waals surface area contributed by atoms with E-state index in [0.717, 1.165) is 0 Å². The summed E-state index contributed by atoms with van der Waals surface area (Å²) in [5, 5.41) is 9.08. The zero-order valence-corrected chi connectivity index (χ0v) is 8.88. The summed E-state index contributed by atoms with van der Waals surface area (Å²) in [6, 6.07) is 2.64. The molecule has 0 fully saturated rings. The van der Waals surface area contributed by atoms with E-state index in [1.54, 1.807) is 18.3 Å².